The quantitative estimate of drug-likeness (QED) is 0.913. The highest BCUT2D eigenvalue weighted by Gasteiger charge is 2.14. The summed E-state index contributed by atoms with van der Waals surface area (Å²) in [7, 11) is 0. The van der Waals surface area contributed by atoms with Crippen molar-refractivity contribution < 1.29 is 4.79 Å². The number of amides is 1. The molecule has 0 radical (unpaired) electrons. The largest absolute Gasteiger partial charge is 0.309 e. The third-order valence-corrected chi connectivity index (χ3v) is 4.07. The average Bonchev–Trinajstić information content (AvgIpc) is 3.05. The molecule has 1 amide bonds. The minimum atomic E-state index is -0.131. The van der Waals surface area contributed by atoms with Crippen molar-refractivity contribution in [3.05, 3.63) is 39.9 Å². The van der Waals surface area contributed by atoms with Crippen LogP contribution in [0.5, 0.6) is 0 Å². The van der Waals surface area contributed by atoms with Gasteiger partial charge in [0.1, 0.15) is 5.01 Å². The van der Waals surface area contributed by atoms with Gasteiger partial charge in [-0.2, -0.15) is 0 Å². The number of carbonyl (C=O) groups excluding carboxylic acids is 1. The van der Waals surface area contributed by atoms with Crippen molar-refractivity contribution in [2.24, 2.45) is 0 Å². The van der Waals surface area contributed by atoms with Crippen LogP contribution in [0.4, 0.5) is 5.13 Å². The zero-order valence-corrected chi connectivity index (χ0v) is 12.6. The highest BCUT2D eigenvalue weighted by atomic mass is 35.5. The normalized spacial score (nSPS) is 12.7. The molecule has 0 saturated carbocycles. The van der Waals surface area contributed by atoms with E-state index >= 15 is 0 Å². The van der Waals surface area contributed by atoms with E-state index in [1.807, 2.05) is 25.1 Å². The van der Waals surface area contributed by atoms with Gasteiger partial charge in [0.15, 0.2) is 0 Å². The van der Waals surface area contributed by atoms with E-state index in [9.17, 15) is 4.79 Å². The first-order chi connectivity index (χ1) is 9.26. The lowest BCUT2D eigenvalue weighted by Gasteiger charge is -2.03. The Hall–Kier alpha value is -1.50. The maximum absolute atomic E-state index is 12.1. The van der Waals surface area contributed by atoms with Crippen molar-refractivity contribution in [3.63, 3.8) is 0 Å². The maximum atomic E-state index is 12.1. The van der Waals surface area contributed by atoms with Gasteiger partial charge in [0.05, 0.1) is 0 Å². The summed E-state index contributed by atoms with van der Waals surface area (Å²) in [6.07, 6.45) is 0.831. The average molecular weight is 311 g/mol. The molecule has 1 aliphatic rings. The van der Waals surface area contributed by atoms with Crippen molar-refractivity contribution in [2.45, 2.75) is 26.4 Å². The number of benzene rings is 1. The molecule has 7 heteroatoms. The van der Waals surface area contributed by atoms with Gasteiger partial charge < -0.3 is 5.32 Å². The van der Waals surface area contributed by atoms with Gasteiger partial charge in [-0.25, -0.2) is 0 Å². The van der Waals surface area contributed by atoms with E-state index in [4.69, 9.17) is 0 Å². The fourth-order valence-corrected chi connectivity index (χ4v) is 2.73. The number of nitrogens with zero attached hydrogens (tertiary/aromatic N) is 2. The first-order valence-electron chi connectivity index (χ1n) is 6.22. The van der Waals surface area contributed by atoms with Crippen molar-refractivity contribution in [3.8, 4) is 0 Å². The van der Waals surface area contributed by atoms with Crippen LogP contribution >= 0.6 is 23.7 Å². The smallest absolute Gasteiger partial charge is 0.257 e. The molecule has 2 aromatic rings. The lowest BCUT2D eigenvalue weighted by Crippen LogP contribution is -2.12. The number of aryl methyl sites for hydroxylation is 1. The number of rotatable bonds is 3. The SMILES string of the molecule is CCc1nnc(NC(=O)c2ccc3c(c2)CNC3)s1.Cl. The molecule has 2 heterocycles. The van der Waals surface area contributed by atoms with Gasteiger partial charge >= 0.3 is 0 Å². The highest BCUT2D eigenvalue weighted by molar-refractivity contribution is 7.15. The summed E-state index contributed by atoms with van der Waals surface area (Å²) in [5.41, 5.74) is 3.12. The molecule has 0 saturated heterocycles. The number of hydrogen-bond acceptors (Lipinski definition) is 5. The molecule has 1 aromatic heterocycles. The van der Waals surface area contributed by atoms with E-state index in [2.05, 4.69) is 20.8 Å². The van der Waals surface area contributed by atoms with E-state index in [0.717, 1.165) is 24.5 Å². The molecular weight excluding hydrogens is 296 g/mol. The van der Waals surface area contributed by atoms with E-state index in [-0.39, 0.29) is 18.3 Å². The Balaban J connectivity index is 0.00000147. The summed E-state index contributed by atoms with van der Waals surface area (Å²) in [6.45, 7) is 3.72. The fraction of sp³-hybridized carbons (Fsp3) is 0.308. The number of halogens is 1. The molecule has 0 spiro atoms. The molecule has 0 atom stereocenters. The van der Waals surface area contributed by atoms with Crippen LogP contribution in [0.15, 0.2) is 18.2 Å². The number of anilines is 1. The second kappa shape index (κ2) is 6.30. The molecule has 3 rings (SSSR count). The van der Waals surface area contributed by atoms with Crippen LogP contribution in [-0.4, -0.2) is 16.1 Å². The van der Waals surface area contributed by atoms with Gasteiger partial charge in [0.25, 0.3) is 5.91 Å². The first-order valence-corrected chi connectivity index (χ1v) is 7.04. The molecular formula is C13H15ClN4OS. The Morgan fingerprint density at radius 2 is 2.15 bits per heavy atom. The number of aromatic nitrogens is 2. The molecule has 0 fully saturated rings. The molecule has 0 unspecified atom stereocenters. The number of carbonyl (C=O) groups is 1. The summed E-state index contributed by atoms with van der Waals surface area (Å²) >= 11 is 1.41. The second-order valence-electron chi connectivity index (χ2n) is 4.40. The first kappa shape index (κ1) is 14.9. The molecule has 0 aliphatic carbocycles. The zero-order chi connectivity index (χ0) is 13.2. The third-order valence-electron chi connectivity index (χ3n) is 3.09. The summed E-state index contributed by atoms with van der Waals surface area (Å²) < 4.78 is 0. The summed E-state index contributed by atoms with van der Waals surface area (Å²) in [5, 5.41) is 15.5. The third kappa shape index (κ3) is 2.98. The zero-order valence-electron chi connectivity index (χ0n) is 11.0. The maximum Gasteiger partial charge on any atom is 0.257 e. The van der Waals surface area contributed by atoms with E-state index < -0.39 is 0 Å². The number of hydrogen-bond donors (Lipinski definition) is 2. The van der Waals surface area contributed by atoms with E-state index in [1.54, 1.807) is 0 Å². The summed E-state index contributed by atoms with van der Waals surface area (Å²) in [6, 6.07) is 5.79. The van der Waals surface area contributed by atoms with E-state index in [1.165, 1.54) is 22.5 Å². The lowest BCUT2D eigenvalue weighted by molar-refractivity contribution is 0.102. The predicted molar refractivity (Wildman–Crippen MR) is 81.5 cm³/mol. The van der Waals surface area contributed by atoms with Crippen molar-refractivity contribution in [1.82, 2.24) is 15.5 Å². The molecule has 2 N–H and O–H groups in total. The Bertz CT molecular complexity index is 629. The molecule has 1 aliphatic heterocycles. The van der Waals surface area contributed by atoms with Gasteiger partial charge in [0.2, 0.25) is 5.13 Å². The van der Waals surface area contributed by atoms with Crippen LogP contribution in [0.1, 0.15) is 33.4 Å². The van der Waals surface area contributed by atoms with Gasteiger partial charge in [-0.15, -0.1) is 22.6 Å². The van der Waals surface area contributed by atoms with Crippen LogP contribution < -0.4 is 10.6 Å². The van der Waals surface area contributed by atoms with Gasteiger partial charge in [-0.05, 0) is 29.7 Å². The number of fused-ring (bicyclic) bond motifs is 1. The van der Waals surface area contributed by atoms with Crippen molar-refractivity contribution in [1.29, 1.82) is 0 Å². The van der Waals surface area contributed by atoms with Crippen molar-refractivity contribution in [2.75, 3.05) is 5.32 Å². The summed E-state index contributed by atoms with van der Waals surface area (Å²) in [4.78, 5) is 12.1. The van der Waals surface area contributed by atoms with Crippen LogP contribution in [0.3, 0.4) is 0 Å². The standard InChI is InChI=1S/C13H14N4OS.ClH/c1-2-11-16-17-13(19-11)15-12(18)8-3-4-9-6-14-7-10(9)5-8;/h3-5,14H,2,6-7H2,1H3,(H,15,17,18);1H. The van der Waals surface area contributed by atoms with Crippen LogP contribution in [0, 0.1) is 0 Å². The topological polar surface area (TPSA) is 66.9 Å². The van der Waals surface area contributed by atoms with Crippen LogP contribution in [-0.2, 0) is 19.5 Å². The van der Waals surface area contributed by atoms with Crippen molar-refractivity contribution >= 4 is 34.8 Å². The van der Waals surface area contributed by atoms with Gasteiger partial charge in [-0.1, -0.05) is 24.3 Å². The fourth-order valence-electron chi connectivity index (χ4n) is 2.05. The van der Waals surface area contributed by atoms with Crippen LogP contribution in [0.2, 0.25) is 0 Å². The van der Waals surface area contributed by atoms with E-state index in [0.29, 0.717) is 10.7 Å². The Morgan fingerprint density at radius 3 is 2.90 bits per heavy atom. The van der Waals surface area contributed by atoms with Crippen LogP contribution in [0.25, 0.3) is 0 Å². The predicted octanol–water partition coefficient (Wildman–Crippen LogP) is 2.38. The lowest BCUT2D eigenvalue weighted by atomic mass is 10.1. The molecule has 1 aromatic carbocycles. The minimum absolute atomic E-state index is 0. The van der Waals surface area contributed by atoms with Gasteiger partial charge in [-0.3, -0.25) is 10.1 Å². The summed E-state index contributed by atoms with van der Waals surface area (Å²) in [5.74, 6) is -0.131. The Kier molecular flexibility index (Phi) is 4.69. The minimum Gasteiger partial charge on any atom is -0.309 e. The second-order valence-corrected chi connectivity index (χ2v) is 5.46. The van der Waals surface area contributed by atoms with Gasteiger partial charge in [0, 0.05) is 18.7 Å². The molecule has 20 heavy (non-hydrogen) atoms. The number of nitrogens with one attached hydrogen (secondary N) is 2. The molecule has 0 bridgehead atoms. The Labute approximate surface area is 127 Å². The monoisotopic (exact) mass is 310 g/mol. The Morgan fingerprint density at radius 1 is 1.35 bits per heavy atom. The highest BCUT2D eigenvalue weighted by Crippen LogP contribution is 2.19. The molecule has 5 nitrogen and oxygen atoms in total. The molecule has 106 valence electrons.